The molecular weight excluding hydrogens is 355 g/mol. The van der Waals surface area contributed by atoms with E-state index in [0.29, 0.717) is 23.8 Å². The van der Waals surface area contributed by atoms with E-state index in [1.165, 1.54) is 0 Å². The number of ether oxygens (including phenoxy) is 1. The molecule has 0 saturated heterocycles. The van der Waals surface area contributed by atoms with Crippen LogP contribution in [-0.2, 0) is 14.3 Å². The summed E-state index contributed by atoms with van der Waals surface area (Å²) in [6.07, 6.45) is -5.08. The average molecular weight is 373 g/mol. The monoisotopic (exact) mass is 373 g/mol. The first-order chi connectivity index (χ1) is 12.1. The molecule has 1 atom stereocenters. The highest BCUT2D eigenvalue weighted by atomic mass is 19.4. The van der Waals surface area contributed by atoms with Crippen molar-refractivity contribution >= 4 is 17.9 Å². The van der Waals surface area contributed by atoms with Crippen LogP contribution in [-0.4, -0.2) is 35.8 Å². The second-order valence-electron chi connectivity index (χ2n) is 5.01. The van der Waals surface area contributed by atoms with Crippen molar-refractivity contribution in [1.82, 2.24) is 5.32 Å². The molecule has 2 rings (SSSR count). The highest BCUT2D eigenvalue weighted by Gasteiger charge is 2.38. The molecule has 0 bridgehead atoms. The third kappa shape index (κ3) is 5.80. The van der Waals surface area contributed by atoms with Crippen LogP contribution in [0.3, 0.4) is 0 Å². The van der Waals surface area contributed by atoms with Crippen LogP contribution >= 0.6 is 0 Å². The molecule has 0 fully saturated rings. The lowest BCUT2D eigenvalue weighted by Gasteiger charge is -2.24. The number of carbonyl (C=O) groups excluding carboxylic acids is 1. The zero-order chi connectivity index (χ0) is 19.9. The molecule has 4 N–H and O–H groups in total. The number of hydrogen-bond donors (Lipinski definition) is 3. The van der Waals surface area contributed by atoms with Crippen LogP contribution in [0.4, 0.5) is 13.2 Å². The topological polar surface area (TPSA) is 114 Å². The maximum atomic E-state index is 12.1. The summed E-state index contributed by atoms with van der Waals surface area (Å²) in [5.41, 5.74) is 7.84. The van der Waals surface area contributed by atoms with Crippen molar-refractivity contribution in [3.8, 4) is 0 Å². The number of guanidine groups is 1. The van der Waals surface area contributed by atoms with E-state index >= 15 is 0 Å². The Bertz CT molecular complexity index is 715. The van der Waals surface area contributed by atoms with Gasteiger partial charge in [0, 0.05) is 5.70 Å². The van der Waals surface area contributed by atoms with Gasteiger partial charge in [-0.25, -0.2) is 14.6 Å². The summed E-state index contributed by atoms with van der Waals surface area (Å²) in [7, 11) is 0. The molecule has 0 spiro atoms. The molecule has 0 saturated carbocycles. The van der Waals surface area contributed by atoms with Gasteiger partial charge < -0.3 is 20.9 Å². The van der Waals surface area contributed by atoms with E-state index in [2.05, 4.69) is 10.3 Å². The van der Waals surface area contributed by atoms with E-state index in [4.69, 9.17) is 20.4 Å². The fraction of sp³-hybridized carbons (Fsp3) is 0.312. The molecule has 26 heavy (non-hydrogen) atoms. The smallest absolute Gasteiger partial charge is 0.475 e. The Morgan fingerprint density at radius 2 is 1.85 bits per heavy atom. The van der Waals surface area contributed by atoms with Crippen LogP contribution in [0, 0.1) is 0 Å². The van der Waals surface area contributed by atoms with E-state index in [0.717, 1.165) is 5.56 Å². The van der Waals surface area contributed by atoms with Gasteiger partial charge in [-0.1, -0.05) is 30.3 Å². The molecular formula is C16H18F3N3O4. The molecule has 10 heteroatoms. The lowest BCUT2D eigenvalue weighted by Crippen LogP contribution is -2.37. The van der Waals surface area contributed by atoms with E-state index in [1.54, 1.807) is 13.8 Å². The number of carboxylic acid groups (broad SMARTS) is 1. The van der Waals surface area contributed by atoms with Gasteiger partial charge >= 0.3 is 18.1 Å². The van der Waals surface area contributed by atoms with Gasteiger partial charge in [-0.2, -0.15) is 13.2 Å². The molecule has 0 radical (unpaired) electrons. The maximum Gasteiger partial charge on any atom is 0.490 e. The number of carbonyl (C=O) groups is 2. The van der Waals surface area contributed by atoms with Gasteiger partial charge in [0.05, 0.1) is 12.2 Å². The predicted octanol–water partition coefficient (Wildman–Crippen LogP) is 2.12. The van der Waals surface area contributed by atoms with Gasteiger partial charge in [0.2, 0.25) is 0 Å². The number of nitrogens with zero attached hydrogens (tertiary/aromatic N) is 1. The van der Waals surface area contributed by atoms with Crippen LogP contribution in [0.15, 0.2) is 46.6 Å². The molecule has 1 aliphatic rings. The first-order valence-corrected chi connectivity index (χ1v) is 7.41. The van der Waals surface area contributed by atoms with Gasteiger partial charge in [0.1, 0.15) is 6.04 Å². The Morgan fingerprint density at radius 1 is 1.31 bits per heavy atom. The average Bonchev–Trinajstić information content (AvgIpc) is 2.54. The summed E-state index contributed by atoms with van der Waals surface area (Å²) in [5, 5.41) is 10.00. The van der Waals surface area contributed by atoms with E-state index in [9.17, 15) is 18.0 Å². The normalized spacial score (nSPS) is 16.7. The van der Waals surface area contributed by atoms with Gasteiger partial charge in [-0.15, -0.1) is 0 Å². The number of rotatable bonds is 3. The standard InChI is InChI=1S/C14H17N3O2.C2HF3O2/c1-3-19-13(18)11-9(2)16-14(15)17-12(11)10-7-5-4-6-8-10;3-2(4,5)1(6)7/h4-8,12H,3H2,1-2H3,(H3,15,16,17);(H,6,7). The summed E-state index contributed by atoms with van der Waals surface area (Å²) < 4.78 is 36.8. The number of nitrogens with two attached hydrogens (primary N) is 1. The molecule has 7 nitrogen and oxygen atoms in total. The number of aliphatic carboxylic acids is 1. The minimum atomic E-state index is -5.08. The summed E-state index contributed by atoms with van der Waals surface area (Å²) >= 11 is 0. The lowest BCUT2D eigenvalue weighted by atomic mass is 9.96. The van der Waals surface area contributed by atoms with Gasteiger partial charge in [0.15, 0.2) is 5.96 Å². The number of aliphatic imine (C=N–C) groups is 1. The minimum absolute atomic E-state index is 0.305. The van der Waals surface area contributed by atoms with Gasteiger partial charge in [-0.05, 0) is 19.4 Å². The quantitative estimate of drug-likeness (QED) is 0.700. The molecule has 0 aromatic heterocycles. The number of hydrogen-bond acceptors (Lipinski definition) is 6. The van der Waals surface area contributed by atoms with Crippen LogP contribution < -0.4 is 11.1 Å². The maximum absolute atomic E-state index is 12.1. The van der Waals surface area contributed by atoms with Crippen LogP contribution in [0.25, 0.3) is 0 Å². The number of benzene rings is 1. The largest absolute Gasteiger partial charge is 0.490 e. The van der Waals surface area contributed by atoms with Gasteiger partial charge in [-0.3, -0.25) is 0 Å². The number of alkyl halides is 3. The highest BCUT2D eigenvalue weighted by molar-refractivity contribution is 5.94. The van der Waals surface area contributed by atoms with Gasteiger partial charge in [0.25, 0.3) is 0 Å². The lowest BCUT2D eigenvalue weighted by molar-refractivity contribution is -0.192. The molecule has 142 valence electrons. The van der Waals surface area contributed by atoms with Crippen LogP contribution in [0.1, 0.15) is 25.5 Å². The Hall–Kier alpha value is -3.04. The number of nitrogens with one attached hydrogen (secondary N) is 1. The molecule has 0 amide bonds. The van der Waals surface area contributed by atoms with E-state index < -0.39 is 18.2 Å². The predicted molar refractivity (Wildman–Crippen MR) is 87.0 cm³/mol. The third-order valence-electron chi connectivity index (χ3n) is 3.11. The summed E-state index contributed by atoms with van der Waals surface area (Å²) in [4.78, 5) is 25.3. The Balaban J connectivity index is 0.000000412. The fourth-order valence-corrected chi connectivity index (χ4v) is 2.05. The summed E-state index contributed by atoms with van der Waals surface area (Å²) in [5.74, 6) is -2.82. The Kier molecular flexibility index (Phi) is 7.17. The molecule has 1 heterocycles. The van der Waals surface area contributed by atoms with Crippen molar-refractivity contribution in [2.45, 2.75) is 26.1 Å². The zero-order valence-corrected chi connectivity index (χ0v) is 14.0. The van der Waals surface area contributed by atoms with Crippen LogP contribution in [0.2, 0.25) is 0 Å². The number of esters is 1. The van der Waals surface area contributed by atoms with E-state index in [1.807, 2.05) is 30.3 Å². The first-order valence-electron chi connectivity index (χ1n) is 7.41. The van der Waals surface area contributed by atoms with Crippen molar-refractivity contribution in [3.63, 3.8) is 0 Å². The summed E-state index contributed by atoms with van der Waals surface area (Å²) in [6.45, 7) is 3.90. The van der Waals surface area contributed by atoms with E-state index in [-0.39, 0.29) is 5.97 Å². The Morgan fingerprint density at radius 3 is 2.31 bits per heavy atom. The summed E-state index contributed by atoms with van der Waals surface area (Å²) in [6, 6.07) is 9.14. The SMILES string of the molecule is CCOC(=O)C1=C(C)NC(N)=NC1c1ccccc1.O=C(O)C(F)(F)F. The third-order valence-corrected chi connectivity index (χ3v) is 3.11. The van der Waals surface area contributed by atoms with Crippen molar-refractivity contribution in [2.24, 2.45) is 10.7 Å². The zero-order valence-electron chi connectivity index (χ0n) is 14.0. The Labute approximate surface area is 147 Å². The first kappa shape index (κ1) is 21.0. The molecule has 0 aliphatic carbocycles. The van der Waals surface area contributed by atoms with Crippen LogP contribution in [0.5, 0.6) is 0 Å². The second-order valence-corrected chi connectivity index (χ2v) is 5.01. The number of halogens is 3. The molecule has 1 aromatic carbocycles. The number of allylic oxidation sites excluding steroid dienone is 1. The van der Waals surface area contributed by atoms with Crippen molar-refractivity contribution < 1.29 is 32.6 Å². The van der Waals surface area contributed by atoms with Crippen molar-refractivity contribution in [3.05, 3.63) is 47.2 Å². The molecule has 1 unspecified atom stereocenters. The van der Waals surface area contributed by atoms with Crippen molar-refractivity contribution in [2.75, 3.05) is 6.61 Å². The second kappa shape index (κ2) is 8.88. The minimum Gasteiger partial charge on any atom is -0.475 e. The number of carboxylic acids is 1. The molecule has 1 aliphatic heterocycles. The molecule has 1 aromatic rings. The fourth-order valence-electron chi connectivity index (χ4n) is 2.05. The van der Waals surface area contributed by atoms with Crippen molar-refractivity contribution in [1.29, 1.82) is 0 Å². The highest BCUT2D eigenvalue weighted by Crippen LogP contribution is 2.30.